The molecule has 102 valence electrons. The topological polar surface area (TPSA) is 66.4 Å². The Kier molecular flexibility index (Phi) is 4.32. The molecule has 0 aliphatic rings. The van der Waals surface area contributed by atoms with Gasteiger partial charge in [-0.05, 0) is 29.5 Å². The number of amides is 1. The molecular formula is C15H13NO3S. The van der Waals surface area contributed by atoms with Gasteiger partial charge in [0.05, 0.1) is 5.69 Å². The van der Waals surface area contributed by atoms with Crippen molar-refractivity contribution >= 4 is 35.0 Å². The number of carbonyl (C=O) groups is 2. The first-order valence-corrected chi connectivity index (χ1v) is 6.81. The molecule has 0 saturated carbocycles. The summed E-state index contributed by atoms with van der Waals surface area (Å²) >= 11 is 1.10. The molecule has 0 aliphatic carbocycles. The summed E-state index contributed by atoms with van der Waals surface area (Å²) in [7, 11) is 0. The molecule has 1 aromatic heterocycles. The van der Waals surface area contributed by atoms with E-state index in [9.17, 15) is 9.59 Å². The molecule has 0 radical (unpaired) electrons. The molecule has 2 N–H and O–H groups in total. The molecule has 1 heterocycles. The molecule has 0 saturated heterocycles. The molecule has 5 heteroatoms. The molecule has 0 spiro atoms. The van der Waals surface area contributed by atoms with E-state index in [1.807, 2.05) is 30.3 Å². The van der Waals surface area contributed by atoms with E-state index >= 15 is 0 Å². The SMILES string of the molecule is Cc1csc(C(=O)O)c1NC(=O)/C=C/c1ccccc1. The van der Waals surface area contributed by atoms with Crippen LogP contribution in [0.1, 0.15) is 20.8 Å². The highest BCUT2D eigenvalue weighted by molar-refractivity contribution is 7.12. The summed E-state index contributed by atoms with van der Waals surface area (Å²) in [6, 6.07) is 9.40. The molecule has 1 amide bonds. The first-order chi connectivity index (χ1) is 9.58. The van der Waals surface area contributed by atoms with Gasteiger partial charge in [-0.2, -0.15) is 0 Å². The standard InChI is InChI=1S/C15H13NO3S/c1-10-9-20-14(15(18)19)13(10)16-12(17)8-7-11-5-3-2-4-6-11/h2-9H,1H3,(H,16,17)(H,18,19)/b8-7+. The molecule has 0 atom stereocenters. The van der Waals surface area contributed by atoms with Crippen LogP contribution >= 0.6 is 11.3 Å². The zero-order valence-corrected chi connectivity index (χ0v) is 11.6. The Balaban J connectivity index is 2.11. The highest BCUT2D eigenvalue weighted by Gasteiger charge is 2.16. The fraction of sp³-hybridized carbons (Fsp3) is 0.0667. The van der Waals surface area contributed by atoms with Crippen LogP contribution in [0.25, 0.3) is 6.08 Å². The summed E-state index contributed by atoms with van der Waals surface area (Å²) in [6.07, 6.45) is 3.07. The third-order valence-corrected chi connectivity index (χ3v) is 3.73. The predicted octanol–water partition coefficient (Wildman–Crippen LogP) is 3.41. The quantitative estimate of drug-likeness (QED) is 0.847. The van der Waals surface area contributed by atoms with Gasteiger partial charge < -0.3 is 10.4 Å². The number of aryl methyl sites for hydroxylation is 1. The number of carboxylic acids is 1. The summed E-state index contributed by atoms with van der Waals surface area (Å²) in [5.74, 6) is -1.39. The Morgan fingerprint density at radius 3 is 2.60 bits per heavy atom. The van der Waals surface area contributed by atoms with E-state index in [1.54, 1.807) is 18.4 Å². The van der Waals surface area contributed by atoms with Gasteiger partial charge in [0.15, 0.2) is 0 Å². The molecule has 0 fully saturated rings. The highest BCUT2D eigenvalue weighted by Crippen LogP contribution is 2.27. The molecule has 2 aromatic rings. The monoisotopic (exact) mass is 287 g/mol. The van der Waals surface area contributed by atoms with Crippen LogP contribution in [0.4, 0.5) is 5.69 Å². The van der Waals surface area contributed by atoms with Crippen molar-refractivity contribution in [2.24, 2.45) is 0 Å². The average Bonchev–Trinajstić information content (AvgIpc) is 2.79. The van der Waals surface area contributed by atoms with Crippen molar-refractivity contribution in [3.05, 3.63) is 57.8 Å². The van der Waals surface area contributed by atoms with E-state index in [0.717, 1.165) is 22.5 Å². The smallest absolute Gasteiger partial charge is 0.348 e. The number of aromatic carboxylic acids is 1. The van der Waals surface area contributed by atoms with Gasteiger partial charge in [0.2, 0.25) is 5.91 Å². The molecule has 2 rings (SSSR count). The van der Waals surface area contributed by atoms with E-state index in [1.165, 1.54) is 6.08 Å². The lowest BCUT2D eigenvalue weighted by Gasteiger charge is -2.03. The largest absolute Gasteiger partial charge is 0.477 e. The minimum absolute atomic E-state index is 0.143. The van der Waals surface area contributed by atoms with Gasteiger partial charge in [0.1, 0.15) is 4.88 Å². The van der Waals surface area contributed by atoms with Crippen molar-refractivity contribution in [2.75, 3.05) is 5.32 Å². The number of benzene rings is 1. The van der Waals surface area contributed by atoms with Crippen LogP contribution in [0.15, 0.2) is 41.8 Å². The van der Waals surface area contributed by atoms with Crippen molar-refractivity contribution in [1.82, 2.24) is 0 Å². The van der Waals surface area contributed by atoms with Crippen molar-refractivity contribution in [1.29, 1.82) is 0 Å². The van der Waals surface area contributed by atoms with Crippen LogP contribution in [-0.2, 0) is 4.79 Å². The maximum Gasteiger partial charge on any atom is 0.348 e. The van der Waals surface area contributed by atoms with E-state index in [4.69, 9.17) is 5.11 Å². The van der Waals surface area contributed by atoms with Crippen LogP contribution in [-0.4, -0.2) is 17.0 Å². The molecule has 1 aromatic carbocycles. The third-order valence-electron chi connectivity index (χ3n) is 2.64. The lowest BCUT2D eigenvalue weighted by molar-refractivity contribution is -0.111. The molecule has 0 aliphatic heterocycles. The average molecular weight is 287 g/mol. The van der Waals surface area contributed by atoms with Crippen molar-refractivity contribution in [2.45, 2.75) is 6.92 Å². The van der Waals surface area contributed by atoms with Gasteiger partial charge in [-0.3, -0.25) is 4.79 Å². The number of anilines is 1. The lowest BCUT2D eigenvalue weighted by Crippen LogP contribution is -2.11. The van der Waals surface area contributed by atoms with E-state index < -0.39 is 5.97 Å². The van der Waals surface area contributed by atoms with Crippen molar-refractivity contribution < 1.29 is 14.7 Å². The zero-order valence-electron chi connectivity index (χ0n) is 10.8. The van der Waals surface area contributed by atoms with E-state index in [2.05, 4.69) is 5.32 Å². The fourth-order valence-corrected chi connectivity index (χ4v) is 2.50. The number of nitrogens with one attached hydrogen (secondary N) is 1. The van der Waals surface area contributed by atoms with Crippen LogP contribution in [0.2, 0.25) is 0 Å². The Labute approximate surface area is 120 Å². The van der Waals surface area contributed by atoms with E-state index in [-0.39, 0.29) is 10.8 Å². The lowest BCUT2D eigenvalue weighted by atomic mass is 10.2. The van der Waals surface area contributed by atoms with Crippen LogP contribution in [0.3, 0.4) is 0 Å². The molecular weight excluding hydrogens is 274 g/mol. The summed E-state index contributed by atoms with van der Waals surface area (Å²) in [6.45, 7) is 1.76. The minimum Gasteiger partial charge on any atom is -0.477 e. The number of thiophene rings is 1. The number of carbonyl (C=O) groups excluding carboxylic acids is 1. The Morgan fingerprint density at radius 1 is 1.25 bits per heavy atom. The first kappa shape index (κ1) is 14.0. The second-order valence-corrected chi connectivity index (χ2v) is 5.04. The third kappa shape index (κ3) is 3.33. The Bertz CT molecular complexity index is 659. The number of hydrogen-bond donors (Lipinski definition) is 2. The molecule has 0 unspecified atom stereocenters. The zero-order chi connectivity index (χ0) is 14.5. The van der Waals surface area contributed by atoms with Gasteiger partial charge in [0, 0.05) is 6.08 Å². The van der Waals surface area contributed by atoms with Gasteiger partial charge in [-0.15, -0.1) is 11.3 Å². The van der Waals surface area contributed by atoms with Crippen LogP contribution in [0.5, 0.6) is 0 Å². The van der Waals surface area contributed by atoms with Gasteiger partial charge >= 0.3 is 5.97 Å². The second-order valence-electron chi connectivity index (χ2n) is 4.16. The Morgan fingerprint density at radius 2 is 1.95 bits per heavy atom. The molecule has 4 nitrogen and oxygen atoms in total. The summed E-state index contributed by atoms with van der Waals surface area (Å²) in [4.78, 5) is 23.0. The maximum atomic E-state index is 11.8. The molecule has 0 bridgehead atoms. The predicted molar refractivity (Wildman–Crippen MR) is 80.1 cm³/mol. The minimum atomic E-state index is -1.04. The van der Waals surface area contributed by atoms with Crippen LogP contribution < -0.4 is 5.32 Å². The highest BCUT2D eigenvalue weighted by atomic mass is 32.1. The second kappa shape index (κ2) is 6.16. The van der Waals surface area contributed by atoms with Gasteiger partial charge in [-0.25, -0.2) is 4.79 Å². The van der Waals surface area contributed by atoms with Crippen molar-refractivity contribution in [3.8, 4) is 0 Å². The van der Waals surface area contributed by atoms with Gasteiger partial charge in [-0.1, -0.05) is 30.3 Å². The van der Waals surface area contributed by atoms with E-state index in [0.29, 0.717) is 5.69 Å². The first-order valence-electron chi connectivity index (χ1n) is 5.93. The maximum absolute atomic E-state index is 11.8. The summed E-state index contributed by atoms with van der Waals surface area (Å²) in [5.41, 5.74) is 2.02. The summed E-state index contributed by atoms with van der Waals surface area (Å²) in [5, 5.41) is 13.4. The number of carboxylic acid groups (broad SMARTS) is 1. The Hall–Kier alpha value is -2.40. The van der Waals surface area contributed by atoms with Gasteiger partial charge in [0.25, 0.3) is 0 Å². The molecule has 20 heavy (non-hydrogen) atoms. The number of rotatable bonds is 4. The van der Waals surface area contributed by atoms with Crippen molar-refractivity contribution in [3.63, 3.8) is 0 Å². The number of hydrogen-bond acceptors (Lipinski definition) is 3. The fourth-order valence-electron chi connectivity index (χ4n) is 1.66. The summed E-state index contributed by atoms with van der Waals surface area (Å²) < 4.78 is 0. The normalized spacial score (nSPS) is 10.7. The van der Waals surface area contributed by atoms with Crippen LogP contribution in [0, 0.1) is 6.92 Å².